The van der Waals surface area contributed by atoms with Gasteiger partial charge < -0.3 is 10.3 Å². The van der Waals surface area contributed by atoms with Gasteiger partial charge in [-0.2, -0.15) is 0 Å². The Balaban J connectivity index is 2.16. The second kappa shape index (κ2) is 7.33. The van der Waals surface area contributed by atoms with Crippen molar-refractivity contribution >= 4 is 28.5 Å². The van der Waals surface area contributed by atoms with Crippen molar-refractivity contribution in [2.45, 2.75) is 19.9 Å². The molecule has 0 saturated carbocycles. The molecule has 136 valence electrons. The minimum Gasteiger partial charge on any atom is -0.354 e. The van der Waals surface area contributed by atoms with E-state index in [-0.39, 0.29) is 11.8 Å². The van der Waals surface area contributed by atoms with E-state index in [0.29, 0.717) is 28.2 Å². The molecule has 0 bridgehead atoms. The summed E-state index contributed by atoms with van der Waals surface area (Å²) in [6.45, 7) is 4.42. The third kappa shape index (κ3) is 3.65. The number of carbonyl (C=O) groups excluding carboxylic acids is 1. The Morgan fingerprint density at radius 3 is 2.58 bits per heavy atom. The fourth-order valence-corrected chi connectivity index (χ4v) is 2.94. The molecule has 3 aromatic rings. The molecule has 1 heterocycles. The van der Waals surface area contributed by atoms with E-state index in [9.17, 15) is 14.0 Å². The molecule has 0 aliphatic heterocycles. The van der Waals surface area contributed by atoms with Gasteiger partial charge >= 0.3 is 5.69 Å². The van der Waals surface area contributed by atoms with Gasteiger partial charge in [0.1, 0.15) is 11.9 Å². The lowest BCUT2D eigenvalue weighted by molar-refractivity contribution is -0.123. The molecule has 7 heteroatoms. The molecular weight excluding hydrogens is 357 g/mol. The average Bonchev–Trinajstić information content (AvgIpc) is 2.90. The van der Waals surface area contributed by atoms with Gasteiger partial charge in [-0.3, -0.25) is 9.36 Å². The van der Waals surface area contributed by atoms with Crippen LogP contribution in [-0.4, -0.2) is 22.0 Å². The summed E-state index contributed by atoms with van der Waals surface area (Å²) < 4.78 is 15.0. The Bertz CT molecular complexity index is 992. The van der Waals surface area contributed by atoms with Crippen LogP contribution in [0.15, 0.2) is 47.3 Å². The second-order valence-corrected chi connectivity index (χ2v) is 6.99. The molecule has 1 unspecified atom stereocenters. The fraction of sp³-hybridized carbons (Fsp3) is 0.263. The van der Waals surface area contributed by atoms with Crippen LogP contribution in [-0.2, 0) is 4.79 Å². The van der Waals surface area contributed by atoms with Gasteiger partial charge in [0, 0.05) is 11.6 Å². The van der Waals surface area contributed by atoms with Gasteiger partial charge in [0.05, 0.1) is 11.0 Å². The molecule has 0 fully saturated rings. The molecule has 1 atom stereocenters. The molecule has 3 rings (SSSR count). The SMILES string of the molecule is CC(C)CNC(=O)C(c1ccc(Cl)cc1)n1c(=O)[nH]c2ccc(F)cc21. The quantitative estimate of drug-likeness (QED) is 0.717. The second-order valence-electron chi connectivity index (χ2n) is 6.55. The molecule has 5 nitrogen and oxygen atoms in total. The molecule has 26 heavy (non-hydrogen) atoms. The number of nitrogens with one attached hydrogen (secondary N) is 2. The molecule has 2 aromatic carbocycles. The third-order valence-electron chi connectivity index (χ3n) is 4.06. The van der Waals surface area contributed by atoms with E-state index in [2.05, 4.69) is 10.3 Å². The number of hydrogen-bond donors (Lipinski definition) is 2. The lowest BCUT2D eigenvalue weighted by Crippen LogP contribution is -2.38. The maximum atomic E-state index is 13.8. The number of carbonyl (C=O) groups is 1. The predicted octanol–water partition coefficient (Wildman–Crippen LogP) is 3.48. The first-order valence-electron chi connectivity index (χ1n) is 8.29. The summed E-state index contributed by atoms with van der Waals surface area (Å²) in [6, 6.07) is 9.73. The summed E-state index contributed by atoms with van der Waals surface area (Å²) in [6.07, 6.45) is 0. The maximum absolute atomic E-state index is 13.8. The van der Waals surface area contributed by atoms with E-state index in [1.54, 1.807) is 24.3 Å². The Morgan fingerprint density at radius 1 is 1.23 bits per heavy atom. The monoisotopic (exact) mass is 375 g/mol. The van der Waals surface area contributed by atoms with Crippen LogP contribution >= 0.6 is 11.6 Å². The van der Waals surface area contributed by atoms with Crippen molar-refractivity contribution in [1.29, 1.82) is 0 Å². The minimum atomic E-state index is -0.936. The number of H-pyrrole nitrogens is 1. The number of fused-ring (bicyclic) bond motifs is 1. The molecule has 0 saturated heterocycles. The minimum absolute atomic E-state index is 0.252. The number of aromatic amines is 1. The highest BCUT2D eigenvalue weighted by Gasteiger charge is 2.26. The Kier molecular flexibility index (Phi) is 5.13. The normalized spacial score (nSPS) is 12.5. The summed E-state index contributed by atoms with van der Waals surface area (Å²) in [5.41, 5.74) is 0.898. The number of rotatable bonds is 5. The number of imidazole rings is 1. The number of halogens is 2. The zero-order valence-electron chi connectivity index (χ0n) is 14.4. The highest BCUT2D eigenvalue weighted by Crippen LogP contribution is 2.24. The van der Waals surface area contributed by atoms with Crippen molar-refractivity contribution < 1.29 is 9.18 Å². The lowest BCUT2D eigenvalue weighted by Gasteiger charge is -2.20. The van der Waals surface area contributed by atoms with Gasteiger partial charge in [-0.15, -0.1) is 0 Å². The van der Waals surface area contributed by atoms with Gasteiger partial charge in [0.25, 0.3) is 0 Å². The van der Waals surface area contributed by atoms with Gasteiger partial charge in [-0.05, 0) is 41.8 Å². The molecule has 0 aliphatic rings. The molecule has 0 aliphatic carbocycles. The van der Waals surface area contributed by atoms with Crippen LogP contribution in [0.25, 0.3) is 11.0 Å². The van der Waals surface area contributed by atoms with Crippen molar-refractivity contribution in [2.75, 3.05) is 6.54 Å². The zero-order chi connectivity index (χ0) is 18.8. The number of aromatic nitrogens is 2. The topological polar surface area (TPSA) is 66.9 Å². The summed E-state index contributed by atoms with van der Waals surface area (Å²) >= 11 is 5.95. The van der Waals surface area contributed by atoms with Gasteiger partial charge in [-0.25, -0.2) is 9.18 Å². The van der Waals surface area contributed by atoms with Crippen molar-refractivity contribution in [1.82, 2.24) is 14.9 Å². The summed E-state index contributed by atoms with van der Waals surface area (Å²) in [7, 11) is 0. The van der Waals surface area contributed by atoms with E-state index in [1.165, 1.54) is 22.8 Å². The molecule has 0 radical (unpaired) electrons. The first-order chi connectivity index (χ1) is 12.4. The molecule has 2 N–H and O–H groups in total. The summed E-state index contributed by atoms with van der Waals surface area (Å²) in [4.78, 5) is 28.1. The van der Waals surface area contributed by atoms with Crippen LogP contribution in [0.4, 0.5) is 4.39 Å². The van der Waals surface area contributed by atoms with E-state index in [0.717, 1.165) is 0 Å². The van der Waals surface area contributed by atoms with Crippen molar-refractivity contribution in [3.8, 4) is 0 Å². The molecule has 0 spiro atoms. The van der Waals surface area contributed by atoms with Crippen LogP contribution in [0.1, 0.15) is 25.5 Å². The van der Waals surface area contributed by atoms with Gasteiger partial charge in [-0.1, -0.05) is 37.6 Å². The Labute approximate surface area is 154 Å². The Morgan fingerprint density at radius 2 is 1.92 bits per heavy atom. The third-order valence-corrected chi connectivity index (χ3v) is 4.31. The molecular formula is C19H19ClFN3O2. The van der Waals surface area contributed by atoms with Crippen molar-refractivity contribution in [3.05, 3.63) is 69.4 Å². The van der Waals surface area contributed by atoms with Crippen LogP contribution < -0.4 is 11.0 Å². The van der Waals surface area contributed by atoms with Gasteiger partial charge in [0.15, 0.2) is 0 Å². The Hall–Kier alpha value is -2.60. The molecule has 1 amide bonds. The van der Waals surface area contributed by atoms with Crippen LogP contribution in [0.2, 0.25) is 5.02 Å². The first-order valence-corrected chi connectivity index (χ1v) is 8.67. The van der Waals surface area contributed by atoms with Gasteiger partial charge in [0.2, 0.25) is 5.91 Å². The van der Waals surface area contributed by atoms with Crippen LogP contribution in [0.3, 0.4) is 0 Å². The van der Waals surface area contributed by atoms with Crippen LogP contribution in [0.5, 0.6) is 0 Å². The number of amides is 1. The maximum Gasteiger partial charge on any atom is 0.327 e. The van der Waals surface area contributed by atoms with Crippen molar-refractivity contribution in [2.24, 2.45) is 5.92 Å². The number of benzene rings is 2. The lowest BCUT2D eigenvalue weighted by atomic mass is 10.1. The van der Waals surface area contributed by atoms with E-state index < -0.39 is 17.5 Å². The summed E-state index contributed by atoms with van der Waals surface area (Å²) in [5, 5.41) is 3.37. The van der Waals surface area contributed by atoms with Crippen LogP contribution in [0, 0.1) is 11.7 Å². The summed E-state index contributed by atoms with van der Waals surface area (Å²) in [5.74, 6) is -0.571. The van der Waals surface area contributed by atoms with E-state index >= 15 is 0 Å². The number of hydrogen-bond acceptors (Lipinski definition) is 2. The first kappa shape index (κ1) is 18.2. The van der Waals surface area contributed by atoms with Crippen molar-refractivity contribution in [3.63, 3.8) is 0 Å². The molecule has 1 aromatic heterocycles. The smallest absolute Gasteiger partial charge is 0.327 e. The average molecular weight is 376 g/mol. The van der Waals surface area contributed by atoms with E-state index in [1.807, 2.05) is 13.8 Å². The highest BCUT2D eigenvalue weighted by molar-refractivity contribution is 6.30. The number of nitrogens with zero attached hydrogens (tertiary/aromatic N) is 1. The van der Waals surface area contributed by atoms with E-state index in [4.69, 9.17) is 11.6 Å². The highest BCUT2D eigenvalue weighted by atomic mass is 35.5. The zero-order valence-corrected chi connectivity index (χ0v) is 15.2. The largest absolute Gasteiger partial charge is 0.354 e. The fourth-order valence-electron chi connectivity index (χ4n) is 2.82. The standard InChI is InChI=1S/C19H19ClFN3O2/c1-11(2)10-22-18(25)17(12-3-5-13(20)6-4-12)24-16-9-14(21)7-8-15(16)23-19(24)26/h3-9,11,17H,10H2,1-2H3,(H,22,25)(H,23,26). The predicted molar refractivity (Wildman–Crippen MR) is 100.0 cm³/mol.